The van der Waals surface area contributed by atoms with Crippen LogP contribution in [0.1, 0.15) is 39.0 Å². The molecule has 5 heteroatoms. The van der Waals surface area contributed by atoms with Crippen LogP contribution in [0.25, 0.3) is 0 Å². The van der Waals surface area contributed by atoms with Crippen molar-refractivity contribution in [1.82, 2.24) is 5.32 Å². The Morgan fingerprint density at radius 1 is 1.32 bits per heavy atom. The van der Waals surface area contributed by atoms with E-state index in [0.29, 0.717) is 24.3 Å². The Morgan fingerprint density at radius 3 is 2.55 bits per heavy atom. The summed E-state index contributed by atoms with van der Waals surface area (Å²) in [6.07, 6.45) is 4.95. The lowest BCUT2D eigenvalue weighted by Crippen LogP contribution is -2.39. The van der Waals surface area contributed by atoms with Gasteiger partial charge in [-0.15, -0.1) is 11.8 Å². The van der Waals surface area contributed by atoms with Gasteiger partial charge in [0.1, 0.15) is 0 Å². The number of hydrogen-bond acceptors (Lipinski definition) is 3. The van der Waals surface area contributed by atoms with E-state index in [9.17, 15) is 4.79 Å². The summed E-state index contributed by atoms with van der Waals surface area (Å²) in [5.41, 5.74) is 5.56. The molecule has 1 aromatic carbocycles. The van der Waals surface area contributed by atoms with Gasteiger partial charge in [0, 0.05) is 27.6 Å². The SMILES string of the molecule is C[C@@H](CN)CC(=O)NC1CCC(Sc2ccc(Cl)cc2)CC1. The van der Waals surface area contributed by atoms with Crippen molar-refractivity contribution in [2.75, 3.05) is 6.54 Å². The van der Waals surface area contributed by atoms with Gasteiger partial charge in [0.05, 0.1) is 0 Å². The molecule has 1 fully saturated rings. The minimum Gasteiger partial charge on any atom is -0.353 e. The third kappa shape index (κ3) is 5.82. The Hall–Kier alpha value is -0.710. The van der Waals surface area contributed by atoms with E-state index in [1.807, 2.05) is 30.8 Å². The van der Waals surface area contributed by atoms with Crippen molar-refractivity contribution >= 4 is 29.3 Å². The molecule has 0 saturated heterocycles. The Bertz CT molecular complexity index is 472. The fourth-order valence-electron chi connectivity index (χ4n) is 2.72. The highest BCUT2D eigenvalue weighted by atomic mass is 35.5. The van der Waals surface area contributed by atoms with Crippen LogP contribution in [0.3, 0.4) is 0 Å². The third-order valence-electron chi connectivity index (χ3n) is 4.09. The number of thioether (sulfide) groups is 1. The van der Waals surface area contributed by atoms with Crippen molar-refractivity contribution in [2.24, 2.45) is 11.7 Å². The van der Waals surface area contributed by atoms with Crippen molar-refractivity contribution in [1.29, 1.82) is 0 Å². The molecule has 1 aliphatic carbocycles. The number of amides is 1. The van der Waals surface area contributed by atoms with Crippen LogP contribution >= 0.6 is 23.4 Å². The largest absolute Gasteiger partial charge is 0.353 e. The van der Waals surface area contributed by atoms with E-state index in [4.69, 9.17) is 17.3 Å². The minimum absolute atomic E-state index is 0.145. The van der Waals surface area contributed by atoms with Gasteiger partial charge in [0.2, 0.25) is 5.91 Å². The molecule has 0 heterocycles. The molecular weight excluding hydrogens is 316 g/mol. The Morgan fingerprint density at radius 2 is 1.95 bits per heavy atom. The molecule has 1 aliphatic rings. The fraction of sp³-hybridized carbons (Fsp3) is 0.588. The van der Waals surface area contributed by atoms with Gasteiger partial charge < -0.3 is 11.1 Å². The Kier molecular flexibility index (Phi) is 7.06. The molecule has 3 N–H and O–H groups in total. The van der Waals surface area contributed by atoms with Crippen LogP contribution in [0.4, 0.5) is 0 Å². The molecule has 0 radical (unpaired) electrons. The van der Waals surface area contributed by atoms with Crippen molar-refractivity contribution in [3.05, 3.63) is 29.3 Å². The lowest BCUT2D eigenvalue weighted by Gasteiger charge is -2.29. The number of carbonyl (C=O) groups is 1. The zero-order valence-corrected chi connectivity index (χ0v) is 14.6. The summed E-state index contributed by atoms with van der Waals surface area (Å²) in [7, 11) is 0. The number of nitrogens with two attached hydrogens (primary N) is 1. The first kappa shape index (κ1) is 17.6. The molecule has 0 aliphatic heterocycles. The van der Waals surface area contributed by atoms with Crippen LogP contribution in [0.2, 0.25) is 5.02 Å². The maximum Gasteiger partial charge on any atom is 0.220 e. The highest BCUT2D eigenvalue weighted by molar-refractivity contribution is 8.00. The summed E-state index contributed by atoms with van der Waals surface area (Å²) in [4.78, 5) is 13.2. The highest BCUT2D eigenvalue weighted by Gasteiger charge is 2.23. The maximum atomic E-state index is 11.9. The summed E-state index contributed by atoms with van der Waals surface area (Å²) in [6, 6.07) is 8.37. The average Bonchev–Trinajstić information content (AvgIpc) is 2.51. The van der Waals surface area contributed by atoms with E-state index in [-0.39, 0.29) is 11.8 Å². The van der Waals surface area contributed by atoms with Gasteiger partial charge in [0.25, 0.3) is 0 Å². The van der Waals surface area contributed by atoms with Gasteiger partial charge in [-0.25, -0.2) is 0 Å². The summed E-state index contributed by atoms with van der Waals surface area (Å²) in [5, 5.41) is 4.57. The molecule has 122 valence electrons. The third-order valence-corrected chi connectivity index (χ3v) is 5.69. The molecule has 0 spiro atoms. The monoisotopic (exact) mass is 340 g/mol. The Balaban J connectivity index is 1.71. The first-order valence-electron chi connectivity index (χ1n) is 7.98. The molecule has 0 aromatic heterocycles. The number of carbonyl (C=O) groups excluding carboxylic acids is 1. The summed E-state index contributed by atoms with van der Waals surface area (Å²) >= 11 is 7.83. The normalized spacial score (nSPS) is 23.0. The molecule has 0 unspecified atom stereocenters. The highest BCUT2D eigenvalue weighted by Crippen LogP contribution is 2.34. The van der Waals surface area contributed by atoms with Gasteiger partial charge in [-0.1, -0.05) is 18.5 Å². The van der Waals surface area contributed by atoms with Gasteiger partial charge in [-0.05, 0) is 62.4 Å². The number of nitrogens with one attached hydrogen (secondary N) is 1. The minimum atomic E-state index is 0.145. The smallest absolute Gasteiger partial charge is 0.220 e. The van der Waals surface area contributed by atoms with Crippen LogP contribution in [0, 0.1) is 5.92 Å². The summed E-state index contributed by atoms with van der Waals surface area (Å²) in [6.45, 7) is 2.58. The first-order valence-corrected chi connectivity index (χ1v) is 9.24. The second-order valence-corrected chi connectivity index (χ2v) is 7.97. The molecule has 1 saturated carbocycles. The van der Waals surface area contributed by atoms with Crippen LogP contribution in [0.15, 0.2) is 29.2 Å². The molecule has 2 rings (SSSR count). The predicted molar refractivity (Wildman–Crippen MR) is 94.3 cm³/mol. The molecule has 1 amide bonds. The Labute approximate surface area is 142 Å². The molecule has 22 heavy (non-hydrogen) atoms. The van der Waals surface area contributed by atoms with Gasteiger partial charge >= 0.3 is 0 Å². The van der Waals surface area contributed by atoms with Gasteiger partial charge in [0.15, 0.2) is 0 Å². The van der Waals surface area contributed by atoms with Crippen molar-refractivity contribution in [3.63, 3.8) is 0 Å². The molecule has 0 bridgehead atoms. The van der Waals surface area contributed by atoms with Crippen LogP contribution in [-0.4, -0.2) is 23.7 Å². The second-order valence-electron chi connectivity index (χ2n) is 6.16. The average molecular weight is 341 g/mol. The molecular formula is C17H25ClN2OS. The van der Waals surface area contributed by atoms with E-state index in [2.05, 4.69) is 17.4 Å². The lowest BCUT2D eigenvalue weighted by molar-refractivity contribution is -0.122. The zero-order valence-electron chi connectivity index (χ0n) is 13.1. The zero-order chi connectivity index (χ0) is 15.9. The second kappa shape index (κ2) is 8.80. The van der Waals surface area contributed by atoms with E-state index in [1.165, 1.54) is 4.90 Å². The van der Waals surface area contributed by atoms with Gasteiger partial charge in [-0.2, -0.15) is 0 Å². The molecule has 3 nitrogen and oxygen atoms in total. The standard InChI is InChI=1S/C17H25ClN2OS/c1-12(11-19)10-17(21)20-14-4-8-16(9-5-14)22-15-6-2-13(18)3-7-15/h2-3,6-7,12,14,16H,4-5,8-11,19H2,1H3,(H,20,21)/t12-,14?,16?/m1/s1. The molecule has 1 aromatic rings. The quantitative estimate of drug-likeness (QED) is 0.827. The predicted octanol–water partition coefficient (Wildman–Crippen LogP) is 3.84. The van der Waals surface area contributed by atoms with Crippen molar-refractivity contribution in [2.45, 2.75) is 55.2 Å². The summed E-state index contributed by atoms with van der Waals surface area (Å²) in [5.74, 6) is 0.406. The van der Waals surface area contributed by atoms with E-state index >= 15 is 0 Å². The summed E-state index contributed by atoms with van der Waals surface area (Å²) < 4.78 is 0. The fourth-order valence-corrected chi connectivity index (χ4v) is 4.03. The van der Waals surface area contributed by atoms with Crippen LogP contribution in [0.5, 0.6) is 0 Å². The number of hydrogen-bond donors (Lipinski definition) is 2. The number of halogens is 1. The lowest BCUT2D eigenvalue weighted by atomic mass is 9.94. The van der Waals surface area contributed by atoms with Crippen LogP contribution in [-0.2, 0) is 4.79 Å². The van der Waals surface area contributed by atoms with Crippen LogP contribution < -0.4 is 11.1 Å². The topological polar surface area (TPSA) is 55.1 Å². The number of benzene rings is 1. The van der Waals surface area contributed by atoms with E-state index in [1.54, 1.807) is 0 Å². The van der Waals surface area contributed by atoms with Crippen molar-refractivity contribution < 1.29 is 4.79 Å². The maximum absolute atomic E-state index is 11.9. The van der Waals surface area contributed by atoms with E-state index < -0.39 is 0 Å². The van der Waals surface area contributed by atoms with Crippen molar-refractivity contribution in [3.8, 4) is 0 Å². The van der Waals surface area contributed by atoms with E-state index in [0.717, 1.165) is 30.7 Å². The first-order chi connectivity index (χ1) is 10.6. The molecule has 1 atom stereocenters. The van der Waals surface area contributed by atoms with Gasteiger partial charge in [-0.3, -0.25) is 4.79 Å². The number of rotatable bonds is 6.